The molecule has 3 nitrogen and oxygen atoms in total. The summed E-state index contributed by atoms with van der Waals surface area (Å²) in [6, 6.07) is 19.0. The molecule has 0 heterocycles. The summed E-state index contributed by atoms with van der Waals surface area (Å²) in [5.74, 6) is 2.29. The molecule has 2 aromatic carbocycles. The highest BCUT2D eigenvalue weighted by Crippen LogP contribution is 2.55. The number of hydrogen-bond donors (Lipinski definition) is 1. The topological polar surface area (TPSA) is 46.2 Å². The van der Waals surface area contributed by atoms with Crippen LogP contribution in [0.3, 0.4) is 0 Å². The number of carbonyl (C=O) groups is 1. The highest BCUT2D eigenvalue weighted by Gasteiger charge is 2.51. The maximum atomic E-state index is 14.2. The van der Waals surface area contributed by atoms with Gasteiger partial charge in [0, 0.05) is 16.1 Å². The van der Waals surface area contributed by atoms with E-state index in [4.69, 9.17) is 0 Å². The third-order valence-electron chi connectivity index (χ3n) is 7.16. The standard InChI is InChI=1S/C24H28NO2P/c26-23(25-24-14-18-11-19(15-24)13-20(12-18)16-24)17-28(27,21-7-3-1-4-8-21)22-9-5-2-6-10-22/h1-10,18-20H,11-17H2,(H,25,26). The second-order valence-corrected chi connectivity index (χ2v) is 12.1. The zero-order chi connectivity index (χ0) is 19.2. The van der Waals surface area contributed by atoms with Crippen molar-refractivity contribution < 1.29 is 9.36 Å². The Hall–Kier alpha value is -1.86. The first-order chi connectivity index (χ1) is 13.5. The van der Waals surface area contributed by atoms with Crippen molar-refractivity contribution in [2.75, 3.05) is 6.16 Å². The van der Waals surface area contributed by atoms with Gasteiger partial charge in [-0.3, -0.25) is 4.79 Å². The van der Waals surface area contributed by atoms with Gasteiger partial charge in [-0.2, -0.15) is 0 Å². The first-order valence-electron chi connectivity index (χ1n) is 10.6. The average Bonchev–Trinajstić information content (AvgIpc) is 2.67. The molecular weight excluding hydrogens is 365 g/mol. The van der Waals surface area contributed by atoms with E-state index in [-0.39, 0.29) is 17.6 Å². The summed E-state index contributed by atoms with van der Waals surface area (Å²) >= 11 is 0. The highest BCUT2D eigenvalue weighted by molar-refractivity contribution is 7.79. The summed E-state index contributed by atoms with van der Waals surface area (Å²) in [7, 11) is -3.00. The number of carbonyl (C=O) groups excluding carboxylic acids is 1. The molecule has 2 aromatic rings. The Morgan fingerprint density at radius 3 is 1.68 bits per heavy atom. The minimum absolute atomic E-state index is 0.0377. The largest absolute Gasteiger partial charge is 0.350 e. The van der Waals surface area contributed by atoms with Crippen LogP contribution < -0.4 is 15.9 Å². The maximum Gasteiger partial charge on any atom is 0.228 e. The normalized spacial score (nSPS) is 30.9. The van der Waals surface area contributed by atoms with E-state index in [1.165, 1.54) is 19.3 Å². The van der Waals surface area contributed by atoms with Gasteiger partial charge in [-0.25, -0.2) is 0 Å². The molecule has 1 N–H and O–H groups in total. The third kappa shape index (κ3) is 3.24. The van der Waals surface area contributed by atoms with E-state index in [9.17, 15) is 9.36 Å². The van der Waals surface area contributed by atoms with Crippen LogP contribution in [0, 0.1) is 17.8 Å². The quantitative estimate of drug-likeness (QED) is 0.778. The summed E-state index contributed by atoms with van der Waals surface area (Å²) in [4.78, 5) is 13.2. The lowest BCUT2D eigenvalue weighted by molar-refractivity contribution is -0.124. The van der Waals surface area contributed by atoms with Gasteiger partial charge >= 0.3 is 0 Å². The second-order valence-electron chi connectivity index (χ2n) is 9.31. The summed E-state index contributed by atoms with van der Waals surface area (Å²) < 4.78 is 14.2. The fourth-order valence-electron chi connectivity index (χ4n) is 6.47. The Kier molecular flexibility index (Phi) is 4.47. The monoisotopic (exact) mass is 393 g/mol. The first-order valence-corrected chi connectivity index (χ1v) is 12.5. The molecule has 6 rings (SSSR count). The van der Waals surface area contributed by atoms with E-state index in [1.807, 2.05) is 60.7 Å². The summed E-state index contributed by atoms with van der Waals surface area (Å²) in [5.41, 5.74) is -0.0377. The van der Waals surface area contributed by atoms with Crippen LogP contribution in [0.5, 0.6) is 0 Å². The van der Waals surface area contributed by atoms with Crippen molar-refractivity contribution in [3.05, 3.63) is 60.7 Å². The van der Waals surface area contributed by atoms with E-state index >= 15 is 0 Å². The van der Waals surface area contributed by atoms with E-state index < -0.39 is 7.14 Å². The maximum absolute atomic E-state index is 14.2. The van der Waals surface area contributed by atoms with Crippen LogP contribution in [0.2, 0.25) is 0 Å². The molecule has 0 saturated heterocycles. The fourth-order valence-corrected chi connectivity index (χ4v) is 8.92. The molecular formula is C24H28NO2P. The number of hydrogen-bond acceptors (Lipinski definition) is 2. The second kappa shape index (κ2) is 6.88. The van der Waals surface area contributed by atoms with Crippen LogP contribution in [0.15, 0.2) is 60.7 Å². The summed E-state index contributed by atoms with van der Waals surface area (Å²) in [6.45, 7) is 0. The van der Waals surface area contributed by atoms with Crippen LogP contribution in [-0.4, -0.2) is 17.6 Å². The van der Waals surface area contributed by atoms with Gasteiger partial charge in [0.15, 0.2) is 7.14 Å². The number of rotatable bonds is 5. The SMILES string of the molecule is O=C(CP(=O)(c1ccccc1)c1ccccc1)NC12CC3CC(CC(C3)C1)C2. The van der Waals surface area contributed by atoms with Crippen LogP contribution >= 0.6 is 7.14 Å². The molecule has 4 bridgehead atoms. The molecule has 4 fully saturated rings. The molecule has 4 heteroatoms. The zero-order valence-electron chi connectivity index (χ0n) is 16.2. The molecule has 0 aromatic heterocycles. The predicted molar refractivity (Wildman–Crippen MR) is 114 cm³/mol. The zero-order valence-corrected chi connectivity index (χ0v) is 17.1. The van der Waals surface area contributed by atoms with Crippen molar-refractivity contribution >= 4 is 23.7 Å². The van der Waals surface area contributed by atoms with E-state index in [0.717, 1.165) is 47.6 Å². The van der Waals surface area contributed by atoms with Crippen molar-refractivity contribution in [1.82, 2.24) is 5.32 Å². The molecule has 0 aliphatic heterocycles. The van der Waals surface area contributed by atoms with Crippen molar-refractivity contribution in [3.8, 4) is 0 Å². The van der Waals surface area contributed by atoms with Crippen LogP contribution in [0.4, 0.5) is 0 Å². The molecule has 0 radical (unpaired) electrons. The van der Waals surface area contributed by atoms with Gasteiger partial charge in [-0.05, 0) is 56.3 Å². The van der Waals surface area contributed by atoms with Crippen LogP contribution in [-0.2, 0) is 9.36 Å². The van der Waals surface area contributed by atoms with Crippen LogP contribution in [0.25, 0.3) is 0 Å². The van der Waals surface area contributed by atoms with Crippen LogP contribution in [0.1, 0.15) is 38.5 Å². The smallest absolute Gasteiger partial charge is 0.228 e. The lowest BCUT2D eigenvalue weighted by Crippen LogP contribution is -2.60. The molecule has 4 saturated carbocycles. The Morgan fingerprint density at radius 2 is 1.25 bits per heavy atom. The molecule has 4 aliphatic carbocycles. The van der Waals surface area contributed by atoms with E-state index in [0.29, 0.717) is 0 Å². The Morgan fingerprint density at radius 1 is 0.821 bits per heavy atom. The van der Waals surface area contributed by atoms with Gasteiger partial charge in [-0.15, -0.1) is 0 Å². The summed E-state index contributed by atoms with van der Waals surface area (Å²) in [5, 5.41) is 4.94. The minimum Gasteiger partial charge on any atom is -0.350 e. The molecule has 0 spiro atoms. The average molecular weight is 393 g/mol. The lowest BCUT2D eigenvalue weighted by Gasteiger charge is -2.57. The summed E-state index contributed by atoms with van der Waals surface area (Å²) in [6.07, 6.45) is 7.46. The molecule has 28 heavy (non-hydrogen) atoms. The van der Waals surface area contributed by atoms with Crippen molar-refractivity contribution in [2.24, 2.45) is 17.8 Å². The van der Waals surface area contributed by atoms with Gasteiger partial charge in [-0.1, -0.05) is 60.7 Å². The minimum atomic E-state index is -3.00. The van der Waals surface area contributed by atoms with E-state index in [2.05, 4.69) is 5.32 Å². The van der Waals surface area contributed by atoms with Gasteiger partial charge in [0.25, 0.3) is 0 Å². The van der Waals surface area contributed by atoms with Gasteiger partial charge in [0.2, 0.25) is 5.91 Å². The van der Waals surface area contributed by atoms with Gasteiger partial charge < -0.3 is 9.88 Å². The highest BCUT2D eigenvalue weighted by atomic mass is 31.2. The van der Waals surface area contributed by atoms with Gasteiger partial charge in [0.05, 0.1) is 6.16 Å². The fraction of sp³-hybridized carbons (Fsp3) is 0.458. The van der Waals surface area contributed by atoms with Gasteiger partial charge in [0.1, 0.15) is 0 Å². The van der Waals surface area contributed by atoms with Crippen molar-refractivity contribution in [2.45, 2.75) is 44.1 Å². The number of nitrogens with one attached hydrogen (secondary N) is 1. The third-order valence-corrected chi connectivity index (χ3v) is 10.2. The molecule has 146 valence electrons. The van der Waals surface area contributed by atoms with Crippen molar-refractivity contribution in [1.29, 1.82) is 0 Å². The lowest BCUT2D eigenvalue weighted by atomic mass is 9.53. The van der Waals surface area contributed by atoms with E-state index in [1.54, 1.807) is 0 Å². The number of amides is 1. The molecule has 1 amide bonds. The Balaban J connectivity index is 1.41. The molecule has 0 unspecified atom stereocenters. The Labute approximate surface area is 167 Å². The predicted octanol–water partition coefficient (Wildman–Crippen LogP) is 4.09. The Bertz CT molecular complexity index is 830. The molecule has 4 aliphatic rings. The first kappa shape index (κ1) is 18.2. The molecule has 0 atom stereocenters. The van der Waals surface area contributed by atoms with Crippen molar-refractivity contribution in [3.63, 3.8) is 0 Å². The number of benzene rings is 2.